The van der Waals surface area contributed by atoms with Gasteiger partial charge in [-0.1, -0.05) is 18.2 Å². The minimum atomic E-state index is 0.0604. The van der Waals surface area contributed by atoms with Crippen molar-refractivity contribution in [3.05, 3.63) is 29.8 Å². The van der Waals surface area contributed by atoms with E-state index in [9.17, 15) is 4.79 Å². The lowest BCUT2D eigenvalue weighted by molar-refractivity contribution is -0.122. The van der Waals surface area contributed by atoms with Gasteiger partial charge in [0, 0.05) is 26.1 Å². The van der Waals surface area contributed by atoms with Gasteiger partial charge in [0.1, 0.15) is 5.75 Å². The predicted molar refractivity (Wildman–Crippen MR) is 86.2 cm³/mol. The summed E-state index contributed by atoms with van der Waals surface area (Å²) >= 11 is 0. The maximum atomic E-state index is 11.8. The molecule has 0 spiro atoms. The van der Waals surface area contributed by atoms with Gasteiger partial charge < -0.3 is 19.7 Å². The van der Waals surface area contributed by atoms with Crippen LogP contribution in [0.2, 0.25) is 0 Å². The van der Waals surface area contributed by atoms with Crippen LogP contribution in [0, 0.1) is 6.92 Å². The Hall–Kier alpha value is -1.59. The molecule has 0 radical (unpaired) electrons. The molecule has 0 aliphatic carbocycles. The highest BCUT2D eigenvalue weighted by molar-refractivity contribution is 5.75. The number of amides is 1. The number of carbonyl (C=O) groups is 1. The van der Waals surface area contributed by atoms with Crippen molar-refractivity contribution in [2.45, 2.75) is 25.9 Å². The van der Waals surface area contributed by atoms with Gasteiger partial charge in [-0.3, -0.25) is 4.79 Å². The Kier molecular flexibility index (Phi) is 6.68. The van der Waals surface area contributed by atoms with E-state index in [1.165, 1.54) is 0 Å². The summed E-state index contributed by atoms with van der Waals surface area (Å²) in [6, 6.07) is 7.91. The van der Waals surface area contributed by atoms with Crippen LogP contribution in [0.5, 0.6) is 5.75 Å². The molecular formula is C17H26N2O3. The summed E-state index contributed by atoms with van der Waals surface area (Å²) in [7, 11) is 2.07. The van der Waals surface area contributed by atoms with Crippen LogP contribution in [0.25, 0.3) is 0 Å². The Labute approximate surface area is 132 Å². The van der Waals surface area contributed by atoms with Gasteiger partial charge in [-0.2, -0.15) is 0 Å². The summed E-state index contributed by atoms with van der Waals surface area (Å²) in [5.74, 6) is 0.951. The molecule has 1 aliphatic rings. The molecule has 2 rings (SSSR count). The van der Waals surface area contributed by atoms with Crippen molar-refractivity contribution < 1.29 is 14.3 Å². The smallest absolute Gasteiger partial charge is 0.220 e. The lowest BCUT2D eigenvalue weighted by Gasteiger charge is -2.30. The van der Waals surface area contributed by atoms with Crippen molar-refractivity contribution in [1.82, 2.24) is 10.2 Å². The number of ether oxygens (including phenoxy) is 2. The average Bonchev–Trinajstić information content (AvgIpc) is 2.51. The van der Waals surface area contributed by atoms with Crippen molar-refractivity contribution in [2.75, 3.05) is 39.9 Å². The fourth-order valence-electron chi connectivity index (χ4n) is 2.44. The van der Waals surface area contributed by atoms with E-state index in [0.717, 1.165) is 31.0 Å². The largest absolute Gasteiger partial charge is 0.493 e. The second-order valence-corrected chi connectivity index (χ2v) is 5.78. The molecule has 1 atom stereocenters. The third-order valence-electron chi connectivity index (χ3n) is 3.77. The van der Waals surface area contributed by atoms with Crippen LogP contribution >= 0.6 is 0 Å². The van der Waals surface area contributed by atoms with Crippen LogP contribution in [0.15, 0.2) is 24.3 Å². The summed E-state index contributed by atoms with van der Waals surface area (Å²) in [5, 5.41) is 2.94. The first-order chi connectivity index (χ1) is 10.6. The molecule has 1 fully saturated rings. The van der Waals surface area contributed by atoms with Crippen LogP contribution in [0.1, 0.15) is 18.4 Å². The second kappa shape index (κ2) is 8.76. The van der Waals surface area contributed by atoms with E-state index < -0.39 is 0 Å². The molecule has 5 nitrogen and oxygen atoms in total. The van der Waals surface area contributed by atoms with Gasteiger partial charge in [-0.15, -0.1) is 0 Å². The number of benzene rings is 1. The summed E-state index contributed by atoms with van der Waals surface area (Å²) in [5.41, 5.74) is 1.12. The van der Waals surface area contributed by atoms with Crippen molar-refractivity contribution in [3.63, 3.8) is 0 Å². The maximum absolute atomic E-state index is 11.8. The molecule has 5 heteroatoms. The number of rotatable bonds is 7. The molecule has 0 saturated carbocycles. The highest BCUT2D eigenvalue weighted by Gasteiger charge is 2.17. The van der Waals surface area contributed by atoms with Gasteiger partial charge in [-0.25, -0.2) is 0 Å². The number of likely N-dealkylation sites (N-methyl/N-ethyl adjacent to an activating group) is 1. The number of morpholine rings is 1. The Morgan fingerprint density at radius 2 is 2.27 bits per heavy atom. The zero-order chi connectivity index (χ0) is 15.8. The van der Waals surface area contributed by atoms with Crippen LogP contribution in [-0.2, 0) is 9.53 Å². The van der Waals surface area contributed by atoms with Crippen LogP contribution < -0.4 is 10.1 Å². The van der Waals surface area contributed by atoms with Gasteiger partial charge in [0.2, 0.25) is 5.91 Å². The number of nitrogens with one attached hydrogen (secondary N) is 1. The molecular weight excluding hydrogens is 280 g/mol. The standard InChI is InChI=1S/C17H26N2O3/c1-14-6-3-4-7-16(14)22-10-5-8-17(20)18-12-15-13-19(2)9-11-21-15/h3-4,6-7,15H,5,8-13H2,1-2H3,(H,18,20)/t15-/m0/s1. The monoisotopic (exact) mass is 306 g/mol. The van der Waals surface area contributed by atoms with E-state index in [1.807, 2.05) is 31.2 Å². The van der Waals surface area contributed by atoms with Gasteiger partial charge in [0.15, 0.2) is 0 Å². The SMILES string of the molecule is Cc1ccccc1OCCCC(=O)NC[C@H]1CN(C)CCO1. The molecule has 0 aromatic heterocycles. The van der Waals surface area contributed by atoms with E-state index in [0.29, 0.717) is 26.0 Å². The fraction of sp³-hybridized carbons (Fsp3) is 0.588. The first kappa shape index (κ1) is 16.8. The number of aryl methyl sites for hydroxylation is 1. The summed E-state index contributed by atoms with van der Waals surface area (Å²) < 4.78 is 11.3. The third-order valence-corrected chi connectivity index (χ3v) is 3.77. The fourth-order valence-corrected chi connectivity index (χ4v) is 2.44. The van der Waals surface area contributed by atoms with Gasteiger partial charge in [0.05, 0.1) is 19.3 Å². The molecule has 22 heavy (non-hydrogen) atoms. The van der Waals surface area contributed by atoms with Crippen molar-refractivity contribution >= 4 is 5.91 Å². The van der Waals surface area contributed by atoms with Crippen LogP contribution in [-0.4, -0.2) is 56.8 Å². The van der Waals surface area contributed by atoms with Crippen LogP contribution in [0.4, 0.5) is 0 Å². The summed E-state index contributed by atoms with van der Waals surface area (Å²) in [6.07, 6.45) is 1.30. The molecule has 0 unspecified atom stereocenters. The average molecular weight is 306 g/mol. The molecule has 1 aliphatic heterocycles. The van der Waals surface area contributed by atoms with Gasteiger partial charge >= 0.3 is 0 Å². The normalized spacial score (nSPS) is 18.9. The van der Waals surface area contributed by atoms with Crippen molar-refractivity contribution in [1.29, 1.82) is 0 Å². The number of hydrogen-bond donors (Lipinski definition) is 1. The van der Waals surface area contributed by atoms with Gasteiger partial charge in [0.25, 0.3) is 0 Å². The second-order valence-electron chi connectivity index (χ2n) is 5.78. The molecule has 1 aromatic carbocycles. The number of hydrogen-bond acceptors (Lipinski definition) is 4. The quantitative estimate of drug-likeness (QED) is 0.778. The van der Waals surface area contributed by atoms with E-state index in [-0.39, 0.29) is 12.0 Å². The molecule has 122 valence electrons. The highest BCUT2D eigenvalue weighted by Crippen LogP contribution is 2.16. The Morgan fingerprint density at radius 1 is 1.45 bits per heavy atom. The topological polar surface area (TPSA) is 50.8 Å². The third kappa shape index (κ3) is 5.66. The summed E-state index contributed by atoms with van der Waals surface area (Å²) in [4.78, 5) is 14.0. The Morgan fingerprint density at radius 3 is 3.05 bits per heavy atom. The number of carbonyl (C=O) groups excluding carboxylic acids is 1. The summed E-state index contributed by atoms with van der Waals surface area (Å²) in [6.45, 7) is 5.73. The van der Waals surface area contributed by atoms with Crippen molar-refractivity contribution in [2.24, 2.45) is 0 Å². The van der Waals surface area contributed by atoms with Crippen LogP contribution in [0.3, 0.4) is 0 Å². The Balaban J connectivity index is 1.57. The minimum Gasteiger partial charge on any atom is -0.493 e. The maximum Gasteiger partial charge on any atom is 0.220 e. The number of nitrogens with zero attached hydrogens (tertiary/aromatic N) is 1. The lowest BCUT2D eigenvalue weighted by atomic mass is 10.2. The molecule has 1 aromatic rings. The molecule has 1 N–H and O–H groups in total. The number of para-hydroxylation sites is 1. The van der Waals surface area contributed by atoms with Gasteiger partial charge in [-0.05, 0) is 32.0 Å². The van der Waals surface area contributed by atoms with E-state index in [1.54, 1.807) is 0 Å². The molecule has 0 bridgehead atoms. The zero-order valence-corrected chi connectivity index (χ0v) is 13.5. The Bertz CT molecular complexity index is 479. The predicted octanol–water partition coefficient (Wildman–Crippen LogP) is 1.60. The first-order valence-corrected chi connectivity index (χ1v) is 7.90. The van der Waals surface area contributed by atoms with E-state index in [4.69, 9.17) is 9.47 Å². The first-order valence-electron chi connectivity index (χ1n) is 7.90. The van der Waals surface area contributed by atoms with E-state index in [2.05, 4.69) is 17.3 Å². The van der Waals surface area contributed by atoms with Crippen molar-refractivity contribution in [3.8, 4) is 5.75 Å². The lowest BCUT2D eigenvalue weighted by Crippen LogP contribution is -2.45. The van der Waals surface area contributed by atoms with E-state index >= 15 is 0 Å². The zero-order valence-electron chi connectivity index (χ0n) is 13.5. The minimum absolute atomic E-state index is 0.0604. The molecule has 1 heterocycles. The molecule has 1 amide bonds. The molecule has 1 saturated heterocycles. The highest BCUT2D eigenvalue weighted by atomic mass is 16.5.